The van der Waals surface area contributed by atoms with Crippen LogP contribution in [0.3, 0.4) is 0 Å². The fraction of sp³-hybridized carbons (Fsp3) is 0.600. The van der Waals surface area contributed by atoms with E-state index in [9.17, 15) is 5.02 Å². The zero-order chi connectivity index (χ0) is 18.7. The molecule has 2 unspecified atom stereocenters. The molecular formula is C20H28BN3O2. The summed E-state index contributed by atoms with van der Waals surface area (Å²) in [5.74, 6) is 1.60. The second-order valence-electron chi connectivity index (χ2n) is 7.87. The van der Waals surface area contributed by atoms with Crippen LogP contribution in [0.25, 0.3) is 4.85 Å². The third kappa shape index (κ3) is 4.11. The summed E-state index contributed by atoms with van der Waals surface area (Å²) >= 11 is 0. The highest BCUT2D eigenvalue weighted by Gasteiger charge is 2.39. The van der Waals surface area contributed by atoms with Crippen LogP contribution < -0.4 is 0 Å². The van der Waals surface area contributed by atoms with Crippen molar-refractivity contribution in [1.29, 1.82) is 0 Å². The van der Waals surface area contributed by atoms with Crippen molar-refractivity contribution in [3.05, 3.63) is 41.2 Å². The number of hydrogen-bond acceptors (Lipinski definition) is 4. The molecule has 5 nitrogen and oxygen atoms in total. The number of hydrogen-bond donors (Lipinski definition) is 1. The lowest BCUT2D eigenvalue weighted by atomic mass is 9.71. The number of benzene rings is 1. The Morgan fingerprint density at radius 3 is 2.46 bits per heavy atom. The Morgan fingerprint density at radius 2 is 1.92 bits per heavy atom. The Kier molecular flexibility index (Phi) is 6.00. The highest BCUT2D eigenvalue weighted by atomic mass is 16.6. The largest absolute Gasteiger partial charge is 0.437 e. The second-order valence-corrected chi connectivity index (χ2v) is 7.87. The minimum Gasteiger partial charge on any atom is -0.437 e. The summed E-state index contributed by atoms with van der Waals surface area (Å²) in [5, 5.41) is 14.2. The highest BCUT2D eigenvalue weighted by Crippen LogP contribution is 2.37. The first-order valence-electron chi connectivity index (χ1n) is 9.62. The lowest BCUT2D eigenvalue weighted by Gasteiger charge is -2.39. The average Bonchev–Trinajstić information content (AvgIpc) is 3.11. The monoisotopic (exact) mass is 353 g/mol. The lowest BCUT2D eigenvalue weighted by molar-refractivity contribution is -0.0130. The van der Waals surface area contributed by atoms with Crippen molar-refractivity contribution in [2.75, 3.05) is 13.1 Å². The highest BCUT2D eigenvalue weighted by molar-refractivity contribution is 6.45. The molecule has 26 heavy (non-hydrogen) atoms. The molecule has 1 N–H and O–H groups in total. The van der Waals surface area contributed by atoms with E-state index in [1.165, 1.54) is 0 Å². The molecule has 3 rings (SSSR count). The number of piperidine rings is 1. The van der Waals surface area contributed by atoms with Crippen LogP contribution in [0.2, 0.25) is 6.82 Å². The predicted molar refractivity (Wildman–Crippen MR) is 105 cm³/mol. The van der Waals surface area contributed by atoms with E-state index in [-0.39, 0.29) is 13.2 Å². The van der Waals surface area contributed by atoms with Gasteiger partial charge in [0.2, 0.25) is 0 Å². The van der Waals surface area contributed by atoms with Gasteiger partial charge in [-0.15, -0.1) is 0 Å². The molecule has 6 heteroatoms. The van der Waals surface area contributed by atoms with Crippen molar-refractivity contribution in [3.8, 4) is 0 Å². The smallest absolute Gasteiger partial charge is 0.376 e. The van der Waals surface area contributed by atoms with Crippen molar-refractivity contribution in [1.82, 2.24) is 4.81 Å². The summed E-state index contributed by atoms with van der Waals surface area (Å²) in [4.78, 5) is 11.5. The standard InChI is InChI=1S/C20H28BN3O2/c1-14(2)20(16-9-11-24(12-10-16)21(3)25)19-13-18(23-26-19)15-5-7-17(22-4)8-6-15/h5-8,14,16,19-20,25H,9-13H2,1-3H3. The Morgan fingerprint density at radius 1 is 1.27 bits per heavy atom. The molecule has 1 aromatic carbocycles. The minimum atomic E-state index is -0.357. The molecule has 2 heterocycles. The zero-order valence-corrected chi connectivity index (χ0v) is 15.9. The van der Waals surface area contributed by atoms with Crippen LogP contribution in [0, 0.1) is 24.3 Å². The maximum atomic E-state index is 9.79. The molecule has 0 spiro atoms. The number of rotatable bonds is 5. The van der Waals surface area contributed by atoms with Crippen molar-refractivity contribution in [2.45, 2.75) is 46.0 Å². The molecule has 2 aliphatic rings. The van der Waals surface area contributed by atoms with Gasteiger partial charge in [-0.3, -0.25) is 0 Å². The molecule has 0 amide bonds. The van der Waals surface area contributed by atoms with Crippen LogP contribution in [0.4, 0.5) is 5.69 Å². The summed E-state index contributed by atoms with van der Waals surface area (Å²) in [7, 11) is -0.357. The first-order chi connectivity index (χ1) is 12.5. The van der Waals surface area contributed by atoms with E-state index in [1.54, 1.807) is 0 Å². The topological polar surface area (TPSA) is 49.4 Å². The van der Waals surface area contributed by atoms with Crippen LogP contribution in [-0.2, 0) is 4.84 Å². The maximum absolute atomic E-state index is 9.79. The first-order valence-corrected chi connectivity index (χ1v) is 9.62. The van der Waals surface area contributed by atoms with Gasteiger partial charge in [-0.2, -0.15) is 0 Å². The second kappa shape index (κ2) is 8.24. The molecule has 1 aromatic rings. The molecule has 2 aliphatic heterocycles. The Bertz CT molecular complexity index is 673. The fourth-order valence-electron chi connectivity index (χ4n) is 4.46. The van der Waals surface area contributed by atoms with E-state index in [1.807, 2.05) is 31.1 Å². The first kappa shape index (κ1) is 18.9. The van der Waals surface area contributed by atoms with E-state index in [0.29, 0.717) is 23.4 Å². The van der Waals surface area contributed by atoms with Gasteiger partial charge < -0.3 is 14.7 Å². The van der Waals surface area contributed by atoms with Gasteiger partial charge in [-0.1, -0.05) is 43.3 Å². The molecule has 0 bridgehead atoms. The van der Waals surface area contributed by atoms with Crippen molar-refractivity contribution in [3.63, 3.8) is 0 Å². The summed E-state index contributed by atoms with van der Waals surface area (Å²) in [6, 6.07) is 7.60. The molecule has 0 aliphatic carbocycles. The van der Waals surface area contributed by atoms with Gasteiger partial charge in [0.15, 0.2) is 5.69 Å². The minimum absolute atomic E-state index is 0.119. The van der Waals surface area contributed by atoms with E-state index in [4.69, 9.17) is 11.4 Å². The average molecular weight is 353 g/mol. The molecule has 1 fully saturated rings. The number of oxime groups is 1. The van der Waals surface area contributed by atoms with Crippen LogP contribution in [0.5, 0.6) is 0 Å². The lowest BCUT2D eigenvalue weighted by Crippen LogP contribution is -2.46. The van der Waals surface area contributed by atoms with Gasteiger partial charge in [0.25, 0.3) is 0 Å². The number of nitrogens with zero attached hydrogens (tertiary/aromatic N) is 3. The SMILES string of the molecule is [C-]#[N+]c1ccc(C2=NOC(C(C(C)C)C3CCN(B(C)O)CC3)C2)cc1. The Labute approximate surface area is 157 Å². The molecule has 0 radical (unpaired) electrons. The molecule has 1 saturated heterocycles. The summed E-state index contributed by atoms with van der Waals surface area (Å²) in [6.07, 6.45) is 3.15. The molecule has 0 aromatic heterocycles. The fourth-order valence-corrected chi connectivity index (χ4v) is 4.46. The molecular weight excluding hydrogens is 325 g/mol. The Balaban J connectivity index is 1.64. The maximum Gasteiger partial charge on any atom is 0.376 e. The van der Waals surface area contributed by atoms with Gasteiger partial charge >= 0.3 is 7.05 Å². The third-order valence-electron chi connectivity index (χ3n) is 5.87. The van der Waals surface area contributed by atoms with E-state index < -0.39 is 0 Å². The van der Waals surface area contributed by atoms with Gasteiger partial charge in [0, 0.05) is 12.3 Å². The molecule has 2 atom stereocenters. The van der Waals surface area contributed by atoms with Crippen molar-refractivity contribution in [2.24, 2.45) is 22.9 Å². The van der Waals surface area contributed by atoms with E-state index in [2.05, 4.69) is 28.7 Å². The van der Waals surface area contributed by atoms with Gasteiger partial charge in [-0.05, 0) is 50.2 Å². The third-order valence-corrected chi connectivity index (χ3v) is 5.87. The normalized spacial score (nSPS) is 22.6. The van der Waals surface area contributed by atoms with Crippen LogP contribution >= 0.6 is 0 Å². The predicted octanol–water partition coefficient (Wildman–Crippen LogP) is 3.82. The molecule has 138 valence electrons. The van der Waals surface area contributed by atoms with Gasteiger partial charge in [-0.25, -0.2) is 4.85 Å². The van der Waals surface area contributed by atoms with Crippen LogP contribution in [0.1, 0.15) is 38.7 Å². The molecule has 0 saturated carbocycles. The quantitative estimate of drug-likeness (QED) is 0.647. The van der Waals surface area contributed by atoms with Gasteiger partial charge in [0.05, 0.1) is 12.3 Å². The summed E-state index contributed by atoms with van der Waals surface area (Å²) in [5.41, 5.74) is 2.68. The van der Waals surface area contributed by atoms with Crippen LogP contribution in [0.15, 0.2) is 29.4 Å². The Hall–Kier alpha value is -1.84. The van der Waals surface area contributed by atoms with Gasteiger partial charge in [0.1, 0.15) is 6.10 Å². The summed E-state index contributed by atoms with van der Waals surface area (Å²) in [6.45, 7) is 15.4. The van der Waals surface area contributed by atoms with E-state index in [0.717, 1.165) is 43.6 Å². The van der Waals surface area contributed by atoms with Crippen molar-refractivity contribution < 1.29 is 9.86 Å². The summed E-state index contributed by atoms with van der Waals surface area (Å²) < 4.78 is 0. The zero-order valence-electron chi connectivity index (χ0n) is 15.9. The van der Waals surface area contributed by atoms with E-state index >= 15 is 0 Å². The van der Waals surface area contributed by atoms with Crippen molar-refractivity contribution >= 4 is 18.4 Å². The van der Waals surface area contributed by atoms with Crippen LogP contribution in [-0.4, -0.2) is 41.8 Å².